The monoisotopic (exact) mass is 439 g/mol. The molecule has 9 nitrogen and oxygen atoms in total. The van der Waals surface area contributed by atoms with Gasteiger partial charge < -0.3 is 10.6 Å². The Bertz CT molecular complexity index is 1240. The number of anilines is 2. The first kappa shape index (κ1) is 20.5. The highest BCUT2D eigenvalue weighted by Gasteiger charge is 2.36. The van der Waals surface area contributed by atoms with Crippen LogP contribution in [0.3, 0.4) is 0 Å². The number of amides is 2. The van der Waals surface area contributed by atoms with E-state index in [0.29, 0.717) is 27.8 Å². The number of nitro groups is 1. The first-order valence-corrected chi connectivity index (χ1v) is 9.83. The van der Waals surface area contributed by atoms with E-state index in [1.54, 1.807) is 19.1 Å². The number of non-ortho nitro benzene ring substituents is 1. The predicted octanol–water partition coefficient (Wildman–Crippen LogP) is 4.25. The fourth-order valence-electron chi connectivity index (χ4n) is 3.65. The van der Waals surface area contributed by atoms with Crippen LogP contribution in [0.5, 0.6) is 0 Å². The summed E-state index contributed by atoms with van der Waals surface area (Å²) < 4.78 is 1.52. The SMILES string of the molecule is Cc1cc([N+](=O)[O-])ccc1NC(=O)CC1C(=O)Nc2c(-c3cccc(Cl)c3)c(C)nn21. The van der Waals surface area contributed by atoms with Crippen LogP contribution in [0.2, 0.25) is 5.02 Å². The van der Waals surface area contributed by atoms with E-state index < -0.39 is 16.9 Å². The van der Waals surface area contributed by atoms with Gasteiger partial charge in [0.15, 0.2) is 0 Å². The molecule has 0 fully saturated rings. The van der Waals surface area contributed by atoms with Crippen molar-refractivity contribution in [3.05, 3.63) is 68.9 Å². The number of nitrogens with zero attached hydrogens (tertiary/aromatic N) is 3. The number of nitrogens with one attached hydrogen (secondary N) is 2. The Hall–Kier alpha value is -3.72. The average Bonchev–Trinajstić information content (AvgIpc) is 3.17. The standard InChI is InChI=1S/C21H18ClN5O4/c1-11-8-15(27(30)31)6-7-16(11)23-18(28)10-17-21(29)24-20-19(12(2)25-26(17)20)13-4-3-5-14(22)9-13/h3-9,17H,10H2,1-2H3,(H,23,28)(H,24,29). The van der Waals surface area contributed by atoms with Gasteiger partial charge >= 0.3 is 0 Å². The summed E-state index contributed by atoms with van der Waals surface area (Å²) in [5, 5.41) is 21.4. The number of aryl methyl sites for hydroxylation is 2. The van der Waals surface area contributed by atoms with Gasteiger partial charge in [-0.15, -0.1) is 0 Å². The van der Waals surface area contributed by atoms with Crippen LogP contribution < -0.4 is 10.6 Å². The number of halogens is 1. The van der Waals surface area contributed by atoms with Crippen molar-refractivity contribution in [3.8, 4) is 11.1 Å². The van der Waals surface area contributed by atoms with Gasteiger partial charge in [-0.05, 0) is 43.2 Å². The summed E-state index contributed by atoms with van der Waals surface area (Å²) >= 11 is 6.10. The molecule has 0 bridgehead atoms. The van der Waals surface area contributed by atoms with E-state index in [9.17, 15) is 19.7 Å². The van der Waals surface area contributed by atoms with Crippen LogP contribution in [-0.4, -0.2) is 26.5 Å². The van der Waals surface area contributed by atoms with Crippen molar-refractivity contribution in [1.82, 2.24) is 9.78 Å². The molecule has 0 spiro atoms. The van der Waals surface area contributed by atoms with E-state index in [-0.39, 0.29) is 18.0 Å². The second-order valence-corrected chi connectivity index (χ2v) is 7.71. The molecule has 2 heterocycles. The van der Waals surface area contributed by atoms with E-state index in [2.05, 4.69) is 15.7 Å². The van der Waals surface area contributed by atoms with Gasteiger partial charge in [0.2, 0.25) is 5.91 Å². The number of hydrogen-bond acceptors (Lipinski definition) is 5. The van der Waals surface area contributed by atoms with Crippen LogP contribution in [0, 0.1) is 24.0 Å². The van der Waals surface area contributed by atoms with Crippen molar-refractivity contribution in [3.63, 3.8) is 0 Å². The zero-order valence-corrected chi connectivity index (χ0v) is 17.4. The van der Waals surface area contributed by atoms with Crippen molar-refractivity contribution in [2.45, 2.75) is 26.3 Å². The second-order valence-electron chi connectivity index (χ2n) is 7.28. The molecule has 3 aromatic rings. The molecule has 0 aliphatic carbocycles. The molecule has 1 aliphatic rings. The fraction of sp³-hybridized carbons (Fsp3) is 0.190. The minimum absolute atomic E-state index is 0.0594. The molecule has 1 unspecified atom stereocenters. The van der Waals surface area contributed by atoms with E-state index >= 15 is 0 Å². The summed E-state index contributed by atoms with van der Waals surface area (Å²) in [5.74, 6) is -0.210. The molecule has 0 saturated carbocycles. The molecule has 1 aromatic heterocycles. The second kappa shape index (κ2) is 7.84. The van der Waals surface area contributed by atoms with Crippen molar-refractivity contribution in [1.29, 1.82) is 0 Å². The smallest absolute Gasteiger partial charge is 0.269 e. The number of nitro benzene ring substituents is 1. The Labute approximate surface area is 182 Å². The van der Waals surface area contributed by atoms with Crippen LogP contribution in [0.1, 0.15) is 23.7 Å². The summed E-state index contributed by atoms with van der Waals surface area (Å²) in [5.41, 5.74) is 3.22. The van der Waals surface area contributed by atoms with Crippen LogP contribution >= 0.6 is 11.6 Å². The van der Waals surface area contributed by atoms with Crippen LogP contribution in [0.4, 0.5) is 17.2 Å². The number of rotatable bonds is 5. The fourth-order valence-corrected chi connectivity index (χ4v) is 3.84. The summed E-state index contributed by atoms with van der Waals surface area (Å²) in [6.45, 7) is 3.49. The number of benzene rings is 2. The molecule has 31 heavy (non-hydrogen) atoms. The zero-order valence-electron chi connectivity index (χ0n) is 16.7. The first-order chi connectivity index (χ1) is 14.7. The van der Waals surface area contributed by atoms with Crippen LogP contribution in [0.25, 0.3) is 11.1 Å². The van der Waals surface area contributed by atoms with Gasteiger partial charge in [0.1, 0.15) is 11.9 Å². The molecule has 4 rings (SSSR count). The van der Waals surface area contributed by atoms with Crippen LogP contribution in [0.15, 0.2) is 42.5 Å². The lowest BCUT2D eigenvalue weighted by Crippen LogP contribution is -2.24. The Kier molecular flexibility index (Phi) is 5.20. The number of aromatic nitrogens is 2. The molecular formula is C21H18ClN5O4. The van der Waals surface area contributed by atoms with Gasteiger partial charge in [-0.1, -0.05) is 23.7 Å². The maximum atomic E-state index is 12.6. The van der Waals surface area contributed by atoms with Gasteiger partial charge in [0.25, 0.3) is 11.6 Å². The molecule has 2 aromatic carbocycles. The number of hydrogen-bond donors (Lipinski definition) is 2. The topological polar surface area (TPSA) is 119 Å². The third kappa shape index (κ3) is 3.87. The molecular weight excluding hydrogens is 422 g/mol. The third-order valence-corrected chi connectivity index (χ3v) is 5.35. The van der Waals surface area contributed by atoms with Crippen molar-refractivity contribution < 1.29 is 14.5 Å². The maximum absolute atomic E-state index is 12.6. The van der Waals surface area contributed by atoms with Gasteiger partial charge in [-0.3, -0.25) is 19.7 Å². The number of carbonyl (C=O) groups excluding carboxylic acids is 2. The Morgan fingerprint density at radius 3 is 2.74 bits per heavy atom. The van der Waals surface area contributed by atoms with Gasteiger partial charge in [0, 0.05) is 28.4 Å². The zero-order chi connectivity index (χ0) is 22.3. The summed E-state index contributed by atoms with van der Waals surface area (Å²) in [6.07, 6.45) is -0.134. The predicted molar refractivity (Wildman–Crippen MR) is 116 cm³/mol. The van der Waals surface area contributed by atoms with E-state index in [1.807, 2.05) is 19.1 Å². The number of carbonyl (C=O) groups is 2. The number of fused-ring (bicyclic) bond motifs is 1. The molecule has 2 N–H and O–H groups in total. The minimum atomic E-state index is -0.806. The van der Waals surface area contributed by atoms with E-state index in [1.165, 1.54) is 22.9 Å². The summed E-state index contributed by atoms with van der Waals surface area (Å²) in [4.78, 5) is 35.6. The van der Waals surface area contributed by atoms with E-state index in [4.69, 9.17) is 11.6 Å². The molecule has 2 amide bonds. The normalized spacial score (nSPS) is 14.8. The molecule has 1 atom stereocenters. The lowest BCUT2D eigenvalue weighted by molar-refractivity contribution is -0.384. The maximum Gasteiger partial charge on any atom is 0.269 e. The largest absolute Gasteiger partial charge is 0.326 e. The molecule has 10 heteroatoms. The highest BCUT2D eigenvalue weighted by molar-refractivity contribution is 6.30. The highest BCUT2D eigenvalue weighted by atomic mass is 35.5. The van der Waals surface area contributed by atoms with Gasteiger partial charge in [-0.2, -0.15) is 5.10 Å². The first-order valence-electron chi connectivity index (χ1n) is 9.45. The van der Waals surface area contributed by atoms with E-state index in [0.717, 1.165) is 11.1 Å². The Morgan fingerprint density at radius 2 is 2.06 bits per heavy atom. The molecule has 0 radical (unpaired) electrons. The lowest BCUT2D eigenvalue weighted by Gasteiger charge is -2.11. The summed E-state index contributed by atoms with van der Waals surface area (Å²) in [6, 6.07) is 10.6. The highest BCUT2D eigenvalue weighted by Crippen LogP contribution is 2.39. The van der Waals surface area contributed by atoms with Crippen LogP contribution in [-0.2, 0) is 9.59 Å². The molecule has 0 saturated heterocycles. The molecule has 158 valence electrons. The minimum Gasteiger partial charge on any atom is -0.326 e. The van der Waals surface area contributed by atoms with Crippen molar-refractivity contribution >= 4 is 40.6 Å². The van der Waals surface area contributed by atoms with Gasteiger partial charge in [-0.25, -0.2) is 4.68 Å². The lowest BCUT2D eigenvalue weighted by atomic mass is 10.1. The molecule has 1 aliphatic heterocycles. The summed E-state index contributed by atoms with van der Waals surface area (Å²) in [7, 11) is 0. The quantitative estimate of drug-likeness (QED) is 0.455. The Morgan fingerprint density at radius 1 is 1.29 bits per heavy atom. The van der Waals surface area contributed by atoms with Crippen molar-refractivity contribution in [2.75, 3.05) is 10.6 Å². The third-order valence-electron chi connectivity index (χ3n) is 5.11. The Balaban J connectivity index is 1.56. The van der Waals surface area contributed by atoms with Crippen molar-refractivity contribution in [2.24, 2.45) is 0 Å². The average molecular weight is 440 g/mol. The van der Waals surface area contributed by atoms with Gasteiger partial charge in [0.05, 0.1) is 17.0 Å².